The number of methoxy groups -OCH3 is 1. The van der Waals surface area contributed by atoms with E-state index in [1.165, 1.54) is 12.0 Å². The van der Waals surface area contributed by atoms with Crippen molar-refractivity contribution in [3.05, 3.63) is 41.5 Å². The van der Waals surface area contributed by atoms with Crippen LogP contribution in [0.25, 0.3) is 6.08 Å². The Hall–Kier alpha value is -2.87. The van der Waals surface area contributed by atoms with Gasteiger partial charge in [0.25, 0.3) is 0 Å². The molecule has 2 amide bonds. The van der Waals surface area contributed by atoms with Crippen LogP contribution in [-0.4, -0.2) is 58.6 Å². The largest absolute Gasteiger partial charge is 0.467 e. The molecule has 1 saturated heterocycles. The third-order valence-corrected chi connectivity index (χ3v) is 7.68. The molecule has 1 aliphatic carbocycles. The van der Waals surface area contributed by atoms with Gasteiger partial charge in [-0.05, 0) is 41.9 Å². The van der Waals surface area contributed by atoms with Gasteiger partial charge in [-0.25, -0.2) is 9.59 Å². The monoisotopic (exact) mass is 455 g/mol. The van der Waals surface area contributed by atoms with E-state index in [4.69, 9.17) is 10.5 Å². The Labute approximate surface area is 194 Å². The number of hydrogen-bond donors (Lipinski definition) is 2. The molecule has 1 aromatic rings. The molecule has 2 heterocycles. The number of benzene rings is 1. The lowest BCUT2D eigenvalue weighted by Gasteiger charge is -2.32. The minimum absolute atomic E-state index is 0.112. The molecule has 1 aromatic carbocycles. The summed E-state index contributed by atoms with van der Waals surface area (Å²) in [6, 6.07) is 3.87. The molecule has 0 bridgehead atoms. The number of esters is 1. The summed E-state index contributed by atoms with van der Waals surface area (Å²) in [6.07, 6.45) is 6.16. The van der Waals surface area contributed by atoms with Gasteiger partial charge in [0.1, 0.15) is 6.04 Å². The van der Waals surface area contributed by atoms with Crippen molar-refractivity contribution in [3.8, 4) is 0 Å². The Morgan fingerprint density at radius 2 is 1.94 bits per heavy atom. The van der Waals surface area contributed by atoms with E-state index in [2.05, 4.69) is 6.58 Å². The normalized spacial score (nSPS) is 26.1. The summed E-state index contributed by atoms with van der Waals surface area (Å²) < 4.78 is 5.01. The van der Waals surface area contributed by atoms with Crippen molar-refractivity contribution in [3.63, 3.8) is 0 Å². The highest BCUT2D eigenvalue weighted by Gasteiger charge is 2.49. The first kappa shape index (κ1) is 23.3. The van der Waals surface area contributed by atoms with Gasteiger partial charge in [-0.2, -0.15) is 0 Å². The van der Waals surface area contributed by atoms with E-state index in [1.54, 1.807) is 11.0 Å². The first-order valence-electron chi connectivity index (χ1n) is 11.7. The summed E-state index contributed by atoms with van der Waals surface area (Å²) in [5.41, 5.74) is 9.14. The number of nitrogens with two attached hydrogens (primary N) is 1. The highest BCUT2D eigenvalue weighted by atomic mass is 16.5. The van der Waals surface area contributed by atoms with E-state index in [9.17, 15) is 19.5 Å². The number of carbonyl (C=O) groups is 3. The molecule has 8 heteroatoms. The third kappa shape index (κ3) is 4.24. The minimum atomic E-state index is -1.02. The number of likely N-dealkylation sites (tertiary alicyclic amines) is 1. The van der Waals surface area contributed by atoms with Crippen molar-refractivity contribution >= 4 is 24.0 Å². The topological polar surface area (TPSA) is 113 Å². The second kappa shape index (κ2) is 9.55. The van der Waals surface area contributed by atoms with Gasteiger partial charge in [0.15, 0.2) is 0 Å². The Kier molecular flexibility index (Phi) is 6.74. The van der Waals surface area contributed by atoms with Crippen molar-refractivity contribution in [2.75, 3.05) is 13.7 Å². The molecule has 33 heavy (non-hydrogen) atoms. The molecule has 8 nitrogen and oxygen atoms in total. The van der Waals surface area contributed by atoms with E-state index in [0.29, 0.717) is 6.42 Å². The maximum atomic E-state index is 13.4. The number of rotatable bonds is 5. The van der Waals surface area contributed by atoms with Crippen LogP contribution >= 0.6 is 0 Å². The molecule has 4 atom stereocenters. The molecule has 0 aromatic heterocycles. The maximum Gasteiger partial charge on any atom is 0.408 e. The van der Waals surface area contributed by atoms with E-state index >= 15 is 0 Å². The molecular weight excluding hydrogens is 422 g/mol. The van der Waals surface area contributed by atoms with Gasteiger partial charge in [-0.15, -0.1) is 0 Å². The predicted octanol–water partition coefficient (Wildman–Crippen LogP) is 3.16. The second-order valence-corrected chi connectivity index (χ2v) is 9.42. The van der Waals surface area contributed by atoms with Crippen molar-refractivity contribution in [2.45, 2.75) is 63.2 Å². The van der Waals surface area contributed by atoms with Gasteiger partial charge in [0.05, 0.1) is 25.7 Å². The summed E-state index contributed by atoms with van der Waals surface area (Å²) in [5, 5.41) is 9.94. The smallest absolute Gasteiger partial charge is 0.408 e. The number of hydrogen-bond acceptors (Lipinski definition) is 5. The number of ether oxygens (including phenoxy) is 1. The van der Waals surface area contributed by atoms with Crippen LogP contribution in [0.1, 0.15) is 61.3 Å². The standard InChI is InChI=1S/C25H33N3O5/c1-3-15-10-7-11-18-19(15)14-28(25(31)32)22(18)17-12-20(24(30)33-2)27(13-17)23(29)21(26)16-8-5-4-6-9-16/h3,7,10-11,16-17,20-22H,1,4-6,8-9,12-14,26H2,2H3,(H,31,32)/t17-,20+,21+,22?/m1/s1. The molecular formula is C25H33N3O5. The van der Waals surface area contributed by atoms with E-state index in [-0.39, 0.29) is 30.8 Å². The number of carbonyl (C=O) groups excluding carboxylic acids is 2. The third-order valence-electron chi connectivity index (χ3n) is 7.68. The first-order chi connectivity index (χ1) is 15.9. The van der Waals surface area contributed by atoms with Crippen LogP contribution in [-0.2, 0) is 20.9 Å². The van der Waals surface area contributed by atoms with E-state index < -0.39 is 30.2 Å². The fourth-order valence-corrected chi connectivity index (χ4v) is 5.99. The molecule has 1 unspecified atom stereocenters. The average molecular weight is 456 g/mol. The Morgan fingerprint density at radius 1 is 1.21 bits per heavy atom. The molecule has 0 radical (unpaired) electrons. The first-order valence-corrected chi connectivity index (χ1v) is 11.7. The average Bonchev–Trinajstić information content (AvgIpc) is 3.45. The maximum absolute atomic E-state index is 13.4. The van der Waals surface area contributed by atoms with Crippen LogP contribution in [0.15, 0.2) is 24.8 Å². The molecule has 3 aliphatic rings. The number of carboxylic acid groups (broad SMARTS) is 1. The highest BCUT2D eigenvalue weighted by molar-refractivity contribution is 5.88. The summed E-state index contributed by atoms with van der Waals surface area (Å²) in [4.78, 5) is 41.2. The van der Waals surface area contributed by atoms with Gasteiger partial charge < -0.3 is 20.5 Å². The zero-order valence-electron chi connectivity index (χ0n) is 19.1. The SMILES string of the molecule is C=Cc1cccc2c1CN(C(=O)O)C2[C@@H]1C[C@@H](C(=O)OC)N(C(=O)[C@@H](N)C2CCCCC2)C1. The van der Waals surface area contributed by atoms with Crippen LogP contribution in [0.4, 0.5) is 4.79 Å². The minimum Gasteiger partial charge on any atom is -0.467 e. The lowest BCUT2D eigenvalue weighted by molar-refractivity contribution is -0.151. The molecule has 2 aliphatic heterocycles. The fraction of sp³-hybridized carbons (Fsp3) is 0.560. The molecule has 3 N–H and O–H groups in total. The van der Waals surface area contributed by atoms with Crippen molar-refractivity contribution < 1.29 is 24.2 Å². The van der Waals surface area contributed by atoms with Gasteiger partial charge >= 0.3 is 12.1 Å². The van der Waals surface area contributed by atoms with Crippen LogP contribution in [0.5, 0.6) is 0 Å². The highest BCUT2D eigenvalue weighted by Crippen LogP contribution is 2.45. The van der Waals surface area contributed by atoms with Gasteiger partial charge in [0.2, 0.25) is 5.91 Å². The summed E-state index contributed by atoms with van der Waals surface area (Å²) in [7, 11) is 1.31. The zero-order chi connectivity index (χ0) is 23.7. The van der Waals surface area contributed by atoms with Crippen molar-refractivity contribution in [1.29, 1.82) is 0 Å². The lowest BCUT2D eigenvalue weighted by Crippen LogP contribution is -2.52. The van der Waals surface area contributed by atoms with Crippen molar-refractivity contribution in [2.24, 2.45) is 17.6 Å². The van der Waals surface area contributed by atoms with Crippen LogP contribution in [0.2, 0.25) is 0 Å². The number of fused-ring (bicyclic) bond motifs is 1. The second-order valence-electron chi connectivity index (χ2n) is 9.42. The quantitative estimate of drug-likeness (QED) is 0.660. The summed E-state index contributed by atoms with van der Waals surface area (Å²) >= 11 is 0. The molecule has 0 spiro atoms. The van der Waals surface area contributed by atoms with Gasteiger partial charge in [0, 0.05) is 12.5 Å². The Balaban J connectivity index is 1.63. The molecule has 2 fully saturated rings. The van der Waals surface area contributed by atoms with Crippen LogP contribution in [0.3, 0.4) is 0 Å². The van der Waals surface area contributed by atoms with E-state index in [1.807, 2.05) is 18.2 Å². The summed E-state index contributed by atoms with van der Waals surface area (Å²) in [6.45, 7) is 4.38. The predicted molar refractivity (Wildman–Crippen MR) is 123 cm³/mol. The summed E-state index contributed by atoms with van der Waals surface area (Å²) in [5.74, 6) is -0.850. The number of amides is 2. The lowest BCUT2D eigenvalue weighted by atomic mass is 9.83. The van der Waals surface area contributed by atoms with Crippen LogP contribution < -0.4 is 5.73 Å². The van der Waals surface area contributed by atoms with Gasteiger partial charge in [-0.3, -0.25) is 9.69 Å². The molecule has 4 rings (SSSR count). The number of nitrogens with zero attached hydrogens (tertiary/aromatic N) is 2. The van der Waals surface area contributed by atoms with Gasteiger partial charge in [-0.1, -0.05) is 50.1 Å². The van der Waals surface area contributed by atoms with Crippen LogP contribution in [0, 0.1) is 11.8 Å². The Bertz CT molecular complexity index is 942. The zero-order valence-corrected chi connectivity index (χ0v) is 19.1. The van der Waals surface area contributed by atoms with E-state index in [0.717, 1.165) is 48.8 Å². The Morgan fingerprint density at radius 3 is 2.58 bits per heavy atom. The van der Waals surface area contributed by atoms with Crippen molar-refractivity contribution in [1.82, 2.24) is 9.80 Å². The molecule has 178 valence electrons. The fourth-order valence-electron chi connectivity index (χ4n) is 5.99. The molecule has 1 saturated carbocycles.